The third-order valence-corrected chi connectivity index (χ3v) is 4.77. The highest BCUT2D eigenvalue weighted by Crippen LogP contribution is 2.30. The lowest BCUT2D eigenvalue weighted by Gasteiger charge is -2.28. The molecule has 0 saturated heterocycles. The Balaban J connectivity index is 1.80. The fraction of sp³-hybridized carbons (Fsp3) is 0.200. The van der Waals surface area contributed by atoms with Crippen molar-refractivity contribution in [1.82, 2.24) is 9.97 Å². The van der Waals surface area contributed by atoms with Crippen LogP contribution in [0.5, 0.6) is 0 Å². The second-order valence-corrected chi connectivity index (χ2v) is 6.02. The molecule has 3 heterocycles. The Bertz CT molecular complexity index is 780. The molecule has 0 radical (unpaired) electrons. The smallest absolute Gasteiger partial charge is 0.140 e. The Morgan fingerprint density at radius 1 is 1.20 bits per heavy atom. The molecule has 0 saturated carbocycles. The maximum absolute atomic E-state index is 5.83. The summed E-state index contributed by atoms with van der Waals surface area (Å²) >= 11 is 1.85. The second kappa shape index (κ2) is 4.45. The van der Waals surface area contributed by atoms with E-state index in [0.29, 0.717) is 0 Å². The molecule has 0 atom stereocenters. The van der Waals surface area contributed by atoms with Crippen LogP contribution in [0, 0.1) is 0 Å². The van der Waals surface area contributed by atoms with Crippen LogP contribution in [0.3, 0.4) is 0 Å². The predicted molar refractivity (Wildman–Crippen MR) is 83.0 cm³/mol. The Kier molecular flexibility index (Phi) is 2.60. The van der Waals surface area contributed by atoms with Crippen molar-refractivity contribution >= 4 is 33.7 Å². The zero-order valence-corrected chi connectivity index (χ0v) is 11.7. The van der Waals surface area contributed by atoms with Crippen molar-refractivity contribution in [3.63, 3.8) is 0 Å². The molecule has 1 aromatic carbocycles. The van der Waals surface area contributed by atoms with E-state index in [1.165, 1.54) is 10.4 Å². The minimum Gasteiger partial charge on any atom is -0.399 e. The van der Waals surface area contributed by atoms with Crippen LogP contribution in [0.15, 0.2) is 36.0 Å². The number of benzene rings is 1. The van der Waals surface area contributed by atoms with Gasteiger partial charge in [0.1, 0.15) is 12.1 Å². The first-order valence-corrected chi connectivity index (χ1v) is 7.49. The number of thiophene rings is 1. The van der Waals surface area contributed by atoms with Crippen molar-refractivity contribution in [2.75, 3.05) is 17.2 Å². The number of rotatable bonds is 1. The molecule has 0 aliphatic carbocycles. The number of nitrogens with zero attached hydrogens (tertiary/aromatic N) is 3. The van der Waals surface area contributed by atoms with Gasteiger partial charge >= 0.3 is 0 Å². The Morgan fingerprint density at radius 3 is 3.10 bits per heavy atom. The van der Waals surface area contributed by atoms with Crippen molar-refractivity contribution < 1.29 is 0 Å². The van der Waals surface area contributed by atoms with Gasteiger partial charge in [0, 0.05) is 29.0 Å². The number of anilines is 2. The number of fused-ring (bicyclic) bond motifs is 2. The first kappa shape index (κ1) is 11.7. The van der Waals surface area contributed by atoms with Gasteiger partial charge in [0.15, 0.2) is 0 Å². The Labute approximate surface area is 120 Å². The number of nitrogen functional groups attached to an aromatic ring is 1. The molecule has 3 aromatic rings. The van der Waals surface area contributed by atoms with Crippen LogP contribution in [0.25, 0.3) is 10.9 Å². The minimum atomic E-state index is 0.737. The SMILES string of the molecule is Nc1ccc2c(N3CCc4sccc4C3)ncnc2c1. The maximum Gasteiger partial charge on any atom is 0.140 e. The summed E-state index contributed by atoms with van der Waals surface area (Å²) in [6, 6.07) is 8.05. The lowest BCUT2D eigenvalue weighted by atomic mass is 10.1. The molecule has 0 amide bonds. The molecule has 4 rings (SSSR count). The summed E-state index contributed by atoms with van der Waals surface area (Å²) in [6.45, 7) is 1.93. The van der Waals surface area contributed by atoms with Crippen molar-refractivity contribution in [3.05, 3.63) is 46.4 Å². The van der Waals surface area contributed by atoms with Gasteiger partial charge in [-0.05, 0) is 41.6 Å². The zero-order chi connectivity index (χ0) is 13.5. The summed E-state index contributed by atoms with van der Waals surface area (Å²) in [5.74, 6) is 1.01. The fourth-order valence-electron chi connectivity index (χ4n) is 2.74. The first-order chi connectivity index (χ1) is 9.81. The largest absolute Gasteiger partial charge is 0.399 e. The van der Waals surface area contributed by atoms with E-state index in [0.717, 1.165) is 41.9 Å². The van der Waals surface area contributed by atoms with Gasteiger partial charge < -0.3 is 10.6 Å². The number of aromatic nitrogens is 2. The van der Waals surface area contributed by atoms with Crippen LogP contribution < -0.4 is 10.6 Å². The van der Waals surface area contributed by atoms with E-state index in [-0.39, 0.29) is 0 Å². The molecule has 1 aliphatic rings. The fourth-order valence-corrected chi connectivity index (χ4v) is 3.63. The lowest BCUT2D eigenvalue weighted by Crippen LogP contribution is -2.30. The average Bonchev–Trinajstić information content (AvgIpc) is 2.93. The van der Waals surface area contributed by atoms with Gasteiger partial charge in [-0.3, -0.25) is 0 Å². The van der Waals surface area contributed by atoms with Crippen LogP contribution in [0.1, 0.15) is 10.4 Å². The van der Waals surface area contributed by atoms with Gasteiger partial charge in [-0.2, -0.15) is 0 Å². The summed E-state index contributed by atoms with van der Waals surface area (Å²) in [6.07, 6.45) is 2.72. The van der Waals surface area contributed by atoms with E-state index in [2.05, 4.69) is 26.3 Å². The van der Waals surface area contributed by atoms with Gasteiger partial charge in [0.2, 0.25) is 0 Å². The first-order valence-electron chi connectivity index (χ1n) is 6.62. The second-order valence-electron chi connectivity index (χ2n) is 5.01. The summed E-state index contributed by atoms with van der Waals surface area (Å²) in [7, 11) is 0. The van der Waals surface area contributed by atoms with Crippen LogP contribution >= 0.6 is 11.3 Å². The van der Waals surface area contributed by atoms with Crippen molar-refractivity contribution in [2.45, 2.75) is 13.0 Å². The molecule has 1 aliphatic heterocycles. The minimum absolute atomic E-state index is 0.737. The molecule has 0 unspecified atom stereocenters. The molecular formula is C15H14N4S. The molecule has 0 bridgehead atoms. The standard InChI is InChI=1S/C15H14N4S/c16-11-1-2-12-13(7-11)17-9-18-15(12)19-5-3-14-10(8-19)4-6-20-14/h1-2,4,6-7,9H,3,5,8,16H2. The molecule has 0 spiro atoms. The van der Waals surface area contributed by atoms with E-state index >= 15 is 0 Å². The third kappa shape index (κ3) is 1.82. The quantitative estimate of drug-likeness (QED) is 0.697. The normalized spacial score (nSPS) is 14.5. The van der Waals surface area contributed by atoms with Gasteiger partial charge in [0.05, 0.1) is 5.52 Å². The van der Waals surface area contributed by atoms with Gasteiger partial charge in [-0.25, -0.2) is 9.97 Å². The van der Waals surface area contributed by atoms with Crippen LogP contribution in [-0.4, -0.2) is 16.5 Å². The maximum atomic E-state index is 5.83. The lowest BCUT2D eigenvalue weighted by molar-refractivity contribution is 0.734. The molecule has 2 N–H and O–H groups in total. The highest BCUT2D eigenvalue weighted by atomic mass is 32.1. The third-order valence-electron chi connectivity index (χ3n) is 3.75. The van der Waals surface area contributed by atoms with Crippen LogP contribution in [0.2, 0.25) is 0 Å². The van der Waals surface area contributed by atoms with Gasteiger partial charge in [-0.1, -0.05) is 0 Å². The number of hydrogen-bond donors (Lipinski definition) is 1. The van der Waals surface area contributed by atoms with Crippen molar-refractivity contribution in [1.29, 1.82) is 0 Å². The molecule has 2 aromatic heterocycles. The summed E-state index contributed by atoms with van der Waals surface area (Å²) < 4.78 is 0. The zero-order valence-electron chi connectivity index (χ0n) is 10.9. The molecule has 100 valence electrons. The Hall–Kier alpha value is -2.14. The summed E-state index contributed by atoms with van der Waals surface area (Å²) in [5, 5.41) is 3.24. The highest BCUT2D eigenvalue weighted by Gasteiger charge is 2.20. The van der Waals surface area contributed by atoms with E-state index in [9.17, 15) is 0 Å². The van der Waals surface area contributed by atoms with Gasteiger partial charge in [-0.15, -0.1) is 11.3 Å². The van der Waals surface area contributed by atoms with Crippen molar-refractivity contribution in [2.24, 2.45) is 0 Å². The highest BCUT2D eigenvalue weighted by molar-refractivity contribution is 7.10. The number of nitrogens with two attached hydrogens (primary N) is 1. The molecule has 4 nitrogen and oxygen atoms in total. The number of hydrogen-bond acceptors (Lipinski definition) is 5. The van der Waals surface area contributed by atoms with Crippen molar-refractivity contribution in [3.8, 4) is 0 Å². The van der Waals surface area contributed by atoms with Crippen LogP contribution in [0.4, 0.5) is 11.5 Å². The van der Waals surface area contributed by atoms with E-state index in [4.69, 9.17) is 5.73 Å². The topological polar surface area (TPSA) is 55.0 Å². The van der Waals surface area contributed by atoms with E-state index in [1.54, 1.807) is 6.33 Å². The average molecular weight is 282 g/mol. The van der Waals surface area contributed by atoms with E-state index < -0.39 is 0 Å². The summed E-state index contributed by atoms with van der Waals surface area (Å²) in [5.41, 5.74) is 8.89. The van der Waals surface area contributed by atoms with Gasteiger partial charge in [0.25, 0.3) is 0 Å². The van der Waals surface area contributed by atoms with Crippen LogP contribution in [-0.2, 0) is 13.0 Å². The molecule has 0 fully saturated rings. The molecular weight excluding hydrogens is 268 g/mol. The molecule has 20 heavy (non-hydrogen) atoms. The monoisotopic (exact) mass is 282 g/mol. The molecule has 5 heteroatoms. The Morgan fingerprint density at radius 2 is 2.15 bits per heavy atom. The summed E-state index contributed by atoms with van der Waals surface area (Å²) in [4.78, 5) is 12.6. The van der Waals surface area contributed by atoms with E-state index in [1.807, 2.05) is 29.5 Å². The predicted octanol–water partition coefficient (Wildman–Crippen LogP) is 2.84.